The second-order valence-corrected chi connectivity index (χ2v) is 2.41. The Morgan fingerprint density at radius 3 is 2.36 bits per heavy atom. The van der Waals surface area contributed by atoms with E-state index < -0.39 is 0 Å². The lowest BCUT2D eigenvalue weighted by Gasteiger charge is -1.99. The maximum Gasteiger partial charge on any atom is 0.150 e. The van der Waals surface area contributed by atoms with Gasteiger partial charge in [0.2, 0.25) is 0 Å². The average Bonchev–Trinajstić information content (AvgIpc) is 1.95. The Kier molecular flexibility index (Phi) is 3.48. The number of aryl methyl sites for hydroxylation is 1. The molecule has 0 aliphatic heterocycles. The summed E-state index contributed by atoms with van der Waals surface area (Å²) in [5, 5.41) is 0. The number of hydrogen-bond acceptors (Lipinski definition) is 1. The quantitative estimate of drug-likeness (QED) is 0.559. The molecule has 0 radical (unpaired) electrons. The Balaban J connectivity index is 0.000001000. The third-order valence-corrected chi connectivity index (χ3v) is 1.77. The largest absolute Gasteiger partial charge is 0.412 e. The van der Waals surface area contributed by atoms with Gasteiger partial charge in [-0.2, -0.15) is 0 Å². The van der Waals surface area contributed by atoms with Crippen molar-refractivity contribution in [2.45, 2.75) is 13.8 Å². The first-order valence-electron chi connectivity index (χ1n) is 3.27. The predicted molar refractivity (Wildman–Crippen MR) is 44.9 cm³/mol. The van der Waals surface area contributed by atoms with E-state index in [0.717, 1.165) is 17.4 Å². The molecule has 2 heteroatoms. The Hall–Kier alpha value is -1.15. The molecule has 11 heavy (non-hydrogen) atoms. The van der Waals surface area contributed by atoms with Crippen LogP contribution in [0.15, 0.2) is 18.2 Å². The fourth-order valence-electron chi connectivity index (χ4n) is 0.901. The van der Waals surface area contributed by atoms with Gasteiger partial charge in [0.05, 0.1) is 0 Å². The number of rotatable bonds is 1. The number of aldehydes is 1. The van der Waals surface area contributed by atoms with E-state index in [0.29, 0.717) is 0 Å². The van der Waals surface area contributed by atoms with Crippen LogP contribution in [0.5, 0.6) is 0 Å². The summed E-state index contributed by atoms with van der Waals surface area (Å²) in [5.74, 6) is 0. The minimum Gasteiger partial charge on any atom is -0.412 e. The van der Waals surface area contributed by atoms with Gasteiger partial charge in [0, 0.05) is 5.56 Å². The van der Waals surface area contributed by atoms with Gasteiger partial charge in [-0.05, 0) is 25.0 Å². The summed E-state index contributed by atoms with van der Waals surface area (Å²) in [6, 6.07) is 5.73. The number of carbonyl (C=O) groups is 1. The molecule has 60 valence electrons. The summed E-state index contributed by atoms with van der Waals surface area (Å²) in [5.41, 5.74) is 3.04. The zero-order valence-corrected chi connectivity index (χ0v) is 6.72. The Morgan fingerprint density at radius 1 is 1.27 bits per heavy atom. The van der Waals surface area contributed by atoms with E-state index in [2.05, 4.69) is 0 Å². The second kappa shape index (κ2) is 3.88. The van der Waals surface area contributed by atoms with Crippen molar-refractivity contribution in [2.75, 3.05) is 0 Å². The minimum atomic E-state index is 0. The fourth-order valence-corrected chi connectivity index (χ4v) is 0.901. The minimum absolute atomic E-state index is 0. The first-order valence-corrected chi connectivity index (χ1v) is 3.27. The molecule has 0 saturated heterocycles. The van der Waals surface area contributed by atoms with Gasteiger partial charge >= 0.3 is 0 Å². The van der Waals surface area contributed by atoms with Crippen LogP contribution in [-0.4, -0.2) is 11.8 Å². The van der Waals surface area contributed by atoms with E-state index in [4.69, 9.17) is 0 Å². The zero-order chi connectivity index (χ0) is 7.56. The lowest BCUT2D eigenvalue weighted by atomic mass is 10.1. The topological polar surface area (TPSA) is 48.6 Å². The molecule has 1 rings (SSSR count). The van der Waals surface area contributed by atoms with Crippen molar-refractivity contribution in [1.82, 2.24) is 0 Å². The van der Waals surface area contributed by atoms with Gasteiger partial charge in [0.1, 0.15) is 6.29 Å². The van der Waals surface area contributed by atoms with Crippen molar-refractivity contribution in [3.05, 3.63) is 34.9 Å². The van der Waals surface area contributed by atoms with Crippen LogP contribution in [0.1, 0.15) is 21.5 Å². The molecular formula is C9H12O2. The standard InChI is InChI=1S/C9H10O.H2O/c1-7-4-3-5-9(6-10)8(7)2;/h3-6H,1-2H3;1H2. The highest BCUT2D eigenvalue weighted by Gasteiger charge is 1.96. The number of carbonyl (C=O) groups excluding carboxylic acids is 1. The zero-order valence-electron chi connectivity index (χ0n) is 6.72. The van der Waals surface area contributed by atoms with Crippen molar-refractivity contribution in [3.63, 3.8) is 0 Å². The van der Waals surface area contributed by atoms with E-state index in [1.165, 1.54) is 5.56 Å². The van der Waals surface area contributed by atoms with Gasteiger partial charge in [-0.15, -0.1) is 0 Å². The third-order valence-electron chi connectivity index (χ3n) is 1.77. The van der Waals surface area contributed by atoms with Crippen LogP contribution in [0.4, 0.5) is 0 Å². The number of benzene rings is 1. The van der Waals surface area contributed by atoms with E-state index in [9.17, 15) is 4.79 Å². The molecule has 1 aromatic rings. The van der Waals surface area contributed by atoms with Crippen molar-refractivity contribution in [3.8, 4) is 0 Å². The van der Waals surface area contributed by atoms with Crippen LogP contribution in [0.2, 0.25) is 0 Å². The molecule has 2 nitrogen and oxygen atoms in total. The Bertz CT molecular complexity index is 254. The van der Waals surface area contributed by atoms with Gasteiger partial charge in [0.25, 0.3) is 0 Å². The predicted octanol–water partition coefficient (Wildman–Crippen LogP) is 1.29. The van der Waals surface area contributed by atoms with E-state index in [1.54, 1.807) is 0 Å². The molecule has 0 saturated carbocycles. The normalized spacial score (nSPS) is 8.55. The second-order valence-electron chi connectivity index (χ2n) is 2.41. The van der Waals surface area contributed by atoms with Crippen LogP contribution in [0, 0.1) is 13.8 Å². The van der Waals surface area contributed by atoms with E-state index >= 15 is 0 Å². The van der Waals surface area contributed by atoms with Gasteiger partial charge in [-0.25, -0.2) is 0 Å². The molecule has 0 bridgehead atoms. The van der Waals surface area contributed by atoms with Crippen molar-refractivity contribution in [1.29, 1.82) is 0 Å². The Labute approximate surface area is 66.2 Å². The molecule has 0 atom stereocenters. The van der Waals surface area contributed by atoms with Gasteiger partial charge in [-0.1, -0.05) is 18.2 Å². The van der Waals surface area contributed by atoms with Crippen LogP contribution >= 0.6 is 0 Å². The average molecular weight is 152 g/mol. The maximum atomic E-state index is 10.4. The SMILES string of the molecule is Cc1cccc(C=O)c1C.O. The van der Waals surface area contributed by atoms with Crippen molar-refractivity contribution in [2.24, 2.45) is 0 Å². The van der Waals surface area contributed by atoms with E-state index in [-0.39, 0.29) is 5.48 Å². The lowest BCUT2D eigenvalue weighted by Crippen LogP contribution is -1.87. The van der Waals surface area contributed by atoms with E-state index in [1.807, 2.05) is 32.0 Å². The summed E-state index contributed by atoms with van der Waals surface area (Å²) in [6.07, 6.45) is 0.891. The maximum absolute atomic E-state index is 10.4. The smallest absolute Gasteiger partial charge is 0.150 e. The molecule has 0 amide bonds. The first kappa shape index (κ1) is 9.85. The molecule has 0 aromatic heterocycles. The van der Waals surface area contributed by atoms with Gasteiger partial charge < -0.3 is 5.48 Å². The van der Waals surface area contributed by atoms with Gasteiger partial charge in [0.15, 0.2) is 0 Å². The lowest BCUT2D eigenvalue weighted by molar-refractivity contribution is 0.112. The number of hydrogen-bond donors (Lipinski definition) is 0. The molecule has 0 heterocycles. The molecule has 0 spiro atoms. The van der Waals surface area contributed by atoms with Crippen LogP contribution in [-0.2, 0) is 0 Å². The highest BCUT2D eigenvalue weighted by Crippen LogP contribution is 2.09. The molecule has 0 aliphatic carbocycles. The van der Waals surface area contributed by atoms with Crippen LogP contribution in [0.25, 0.3) is 0 Å². The summed E-state index contributed by atoms with van der Waals surface area (Å²) >= 11 is 0. The highest BCUT2D eigenvalue weighted by atomic mass is 16.1. The molecule has 2 N–H and O–H groups in total. The first-order chi connectivity index (χ1) is 4.75. The summed E-state index contributed by atoms with van der Waals surface area (Å²) in [6.45, 7) is 3.96. The summed E-state index contributed by atoms with van der Waals surface area (Å²) in [7, 11) is 0. The monoisotopic (exact) mass is 152 g/mol. The van der Waals surface area contributed by atoms with Crippen LogP contribution in [0.3, 0.4) is 0 Å². The van der Waals surface area contributed by atoms with Crippen molar-refractivity contribution < 1.29 is 10.3 Å². The summed E-state index contributed by atoms with van der Waals surface area (Å²) < 4.78 is 0. The highest BCUT2D eigenvalue weighted by molar-refractivity contribution is 5.77. The molecule has 0 unspecified atom stereocenters. The molecule has 0 fully saturated rings. The van der Waals surface area contributed by atoms with Crippen molar-refractivity contribution >= 4 is 6.29 Å². The fraction of sp³-hybridized carbons (Fsp3) is 0.222. The third kappa shape index (κ3) is 1.88. The molecule has 1 aromatic carbocycles. The summed E-state index contributed by atoms with van der Waals surface area (Å²) in [4.78, 5) is 10.4. The molecular weight excluding hydrogens is 140 g/mol. The van der Waals surface area contributed by atoms with Gasteiger partial charge in [-0.3, -0.25) is 4.79 Å². The van der Waals surface area contributed by atoms with Crippen LogP contribution < -0.4 is 0 Å². The molecule has 0 aliphatic rings. The Morgan fingerprint density at radius 2 is 1.91 bits per heavy atom.